The minimum atomic E-state index is -1.12. The second-order valence-corrected chi connectivity index (χ2v) is 4.31. The predicted molar refractivity (Wildman–Crippen MR) is 76.8 cm³/mol. The summed E-state index contributed by atoms with van der Waals surface area (Å²) in [7, 11) is 0. The Labute approximate surface area is 163 Å². The molecule has 0 saturated heterocycles. The Kier molecular flexibility index (Phi) is 9.32. The summed E-state index contributed by atoms with van der Waals surface area (Å²) >= 11 is 0. The fourth-order valence-electron chi connectivity index (χ4n) is 1.38. The summed E-state index contributed by atoms with van der Waals surface area (Å²) in [6.45, 7) is 3.80. The van der Waals surface area contributed by atoms with Gasteiger partial charge in [-0.05, 0) is 25.0 Å². The van der Waals surface area contributed by atoms with Crippen molar-refractivity contribution in [2.45, 2.75) is 13.8 Å². The Morgan fingerprint density at radius 2 is 0.905 bits per heavy atom. The zero-order valence-electron chi connectivity index (χ0n) is 12.0. The second kappa shape index (κ2) is 9.81. The van der Waals surface area contributed by atoms with Gasteiger partial charge in [-0.25, -0.2) is 0 Å². The van der Waals surface area contributed by atoms with Gasteiger partial charge in [-0.3, -0.25) is 0 Å². The van der Waals surface area contributed by atoms with Crippen LogP contribution in [0.15, 0.2) is 48.5 Å². The van der Waals surface area contributed by atoms with Gasteiger partial charge in [-0.2, -0.15) is 0 Å². The first-order valence-electron chi connectivity index (χ1n) is 5.96. The van der Waals surface area contributed by atoms with E-state index in [9.17, 15) is 19.8 Å². The van der Waals surface area contributed by atoms with E-state index in [1.807, 2.05) is 13.8 Å². The number of aromatic carboxylic acids is 2. The number of rotatable bonds is 2. The van der Waals surface area contributed by atoms with Crippen LogP contribution < -0.4 is 10.2 Å². The van der Waals surface area contributed by atoms with Crippen molar-refractivity contribution in [2.24, 2.45) is 0 Å². The van der Waals surface area contributed by atoms with Crippen LogP contribution in [0, 0.1) is 13.8 Å². The smallest absolute Gasteiger partial charge is 0.545 e. The fraction of sp³-hybridized carbons (Fsp3) is 0.125. The van der Waals surface area contributed by atoms with Crippen LogP contribution in [-0.4, -0.2) is 60.8 Å². The maximum atomic E-state index is 10.2. The second-order valence-electron chi connectivity index (χ2n) is 4.31. The van der Waals surface area contributed by atoms with Gasteiger partial charge < -0.3 is 19.8 Å². The summed E-state index contributed by atoms with van der Waals surface area (Å²) in [6.07, 6.45) is 0. The van der Waals surface area contributed by atoms with Crippen molar-refractivity contribution in [3.8, 4) is 0 Å². The van der Waals surface area contributed by atoms with E-state index in [4.69, 9.17) is 0 Å². The first-order chi connectivity index (χ1) is 9.40. The molecule has 0 aliphatic carbocycles. The number of aryl methyl sites for hydroxylation is 2. The normalized spacial score (nSPS) is 8.86. The molecule has 0 atom stereocenters. The standard InChI is InChI=1S/2C8H8O2.Ba/c2*1-6-2-4-7(5-3-6)8(9)10;/h2*2-5H,1H3,(H,9,10);/q;;+2/p-2. The Bertz CT molecular complexity index is 533. The summed E-state index contributed by atoms with van der Waals surface area (Å²) in [5.41, 5.74) is 2.55. The third kappa shape index (κ3) is 7.50. The minimum Gasteiger partial charge on any atom is -0.545 e. The number of carbonyl (C=O) groups is 2. The predicted octanol–water partition coefficient (Wildman–Crippen LogP) is 0.336. The number of carboxylic acids is 2. The third-order valence-corrected chi connectivity index (χ3v) is 2.57. The molecule has 0 bridgehead atoms. The van der Waals surface area contributed by atoms with Gasteiger partial charge in [0.1, 0.15) is 0 Å². The minimum absolute atomic E-state index is 0. The van der Waals surface area contributed by atoms with Gasteiger partial charge in [0.2, 0.25) is 0 Å². The molecule has 0 spiro atoms. The summed E-state index contributed by atoms with van der Waals surface area (Å²) in [5, 5.41) is 20.4. The largest absolute Gasteiger partial charge is 2.00 e. The molecule has 0 heterocycles. The molecular formula is C16H14BaO4. The van der Waals surface area contributed by atoms with Crippen LogP contribution in [-0.2, 0) is 0 Å². The van der Waals surface area contributed by atoms with Crippen LogP contribution in [0.3, 0.4) is 0 Å². The van der Waals surface area contributed by atoms with E-state index in [1.54, 1.807) is 24.3 Å². The van der Waals surface area contributed by atoms with Crippen LogP contribution in [0.5, 0.6) is 0 Å². The molecule has 0 aromatic heterocycles. The molecule has 5 heteroatoms. The first-order valence-corrected chi connectivity index (χ1v) is 5.96. The number of carbonyl (C=O) groups excluding carboxylic acids is 2. The Morgan fingerprint density at radius 1 is 0.667 bits per heavy atom. The van der Waals surface area contributed by atoms with Crippen molar-refractivity contribution in [3.63, 3.8) is 0 Å². The van der Waals surface area contributed by atoms with Gasteiger partial charge in [0.25, 0.3) is 0 Å². The fourth-order valence-corrected chi connectivity index (χ4v) is 1.38. The quantitative estimate of drug-likeness (QED) is 0.672. The van der Waals surface area contributed by atoms with Crippen molar-refractivity contribution in [1.29, 1.82) is 0 Å². The zero-order valence-corrected chi connectivity index (χ0v) is 16.4. The van der Waals surface area contributed by atoms with Gasteiger partial charge in [-0.1, -0.05) is 59.7 Å². The third-order valence-electron chi connectivity index (χ3n) is 2.57. The van der Waals surface area contributed by atoms with Crippen LogP contribution in [0.4, 0.5) is 0 Å². The van der Waals surface area contributed by atoms with E-state index in [0.29, 0.717) is 0 Å². The van der Waals surface area contributed by atoms with Crippen molar-refractivity contribution >= 4 is 60.8 Å². The first kappa shape index (κ1) is 20.0. The SMILES string of the molecule is Cc1ccc(C(=O)[O-])cc1.Cc1ccc(C(=O)[O-])cc1.[Ba+2]. The summed E-state index contributed by atoms with van der Waals surface area (Å²) in [6, 6.07) is 13.1. The van der Waals surface area contributed by atoms with Gasteiger partial charge in [-0.15, -0.1) is 0 Å². The molecule has 2 aromatic rings. The Balaban J connectivity index is 0.000000364. The van der Waals surface area contributed by atoms with Crippen LogP contribution in [0.1, 0.15) is 31.8 Å². The summed E-state index contributed by atoms with van der Waals surface area (Å²) in [5.74, 6) is -2.25. The topological polar surface area (TPSA) is 80.3 Å². The van der Waals surface area contributed by atoms with E-state index < -0.39 is 11.9 Å². The molecule has 2 aromatic carbocycles. The Hall–Kier alpha value is -1.05. The molecule has 4 nitrogen and oxygen atoms in total. The molecule has 2 rings (SSSR count). The van der Waals surface area contributed by atoms with E-state index in [-0.39, 0.29) is 60.0 Å². The zero-order chi connectivity index (χ0) is 15.1. The van der Waals surface area contributed by atoms with Gasteiger partial charge in [0.05, 0.1) is 11.9 Å². The molecule has 0 aliphatic heterocycles. The molecule has 0 radical (unpaired) electrons. The van der Waals surface area contributed by atoms with Gasteiger partial charge in [0, 0.05) is 0 Å². The van der Waals surface area contributed by atoms with E-state index in [1.165, 1.54) is 24.3 Å². The molecule has 0 saturated carbocycles. The Morgan fingerprint density at radius 3 is 1.10 bits per heavy atom. The van der Waals surface area contributed by atoms with E-state index >= 15 is 0 Å². The average molecular weight is 408 g/mol. The van der Waals surface area contributed by atoms with Crippen molar-refractivity contribution in [3.05, 3.63) is 70.8 Å². The molecule has 0 N–H and O–H groups in total. The molecule has 0 aliphatic rings. The monoisotopic (exact) mass is 408 g/mol. The van der Waals surface area contributed by atoms with Crippen molar-refractivity contribution in [1.82, 2.24) is 0 Å². The van der Waals surface area contributed by atoms with Crippen LogP contribution in [0.25, 0.3) is 0 Å². The summed E-state index contributed by atoms with van der Waals surface area (Å²) in [4.78, 5) is 20.4. The van der Waals surface area contributed by atoms with E-state index in [2.05, 4.69) is 0 Å². The number of carboxylic acid groups (broad SMARTS) is 2. The summed E-state index contributed by atoms with van der Waals surface area (Å²) < 4.78 is 0. The molecule has 0 unspecified atom stereocenters. The molecular weight excluding hydrogens is 394 g/mol. The molecule has 0 amide bonds. The van der Waals surface area contributed by atoms with Gasteiger partial charge >= 0.3 is 48.9 Å². The van der Waals surface area contributed by atoms with Gasteiger partial charge in [0.15, 0.2) is 0 Å². The van der Waals surface area contributed by atoms with E-state index in [0.717, 1.165) is 11.1 Å². The molecule has 104 valence electrons. The number of hydrogen-bond donors (Lipinski definition) is 0. The maximum Gasteiger partial charge on any atom is 2.00 e. The molecule has 0 fully saturated rings. The molecule has 21 heavy (non-hydrogen) atoms. The number of hydrogen-bond acceptors (Lipinski definition) is 4. The van der Waals surface area contributed by atoms with Crippen LogP contribution >= 0.6 is 0 Å². The van der Waals surface area contributed by atoms with Crippen molar-refractivity contribution in [2.75, 3.05) is 0 Å². The average Bonchev–Trinajstić information content (AvgIpc) is 2.40. The maximum absolute atomic E-state index is 10.2. The van der Waals surface area contributed by atoms with Crippen molar-refractivity contribution < 1.29 is 19.8 Å². The van der Waals surface area contributed by atoms with Crippen LogP contribution in [0.2, 0.25) is 0 Å². The number of benzene rings is 2.